The van der Waals surface area contributed by atoms with Crippen molar-refractivity contribution in [2.24, 2.45) is 5.92 Å². The van der Waals surface area contributed by atoms with Crippen LogP contribution in [0.15, 0.2) is 36.4 Å². The normalized spacial score (nSPS) is 17.7. The predicted octanol–water partition coefficient (Wildman–Crippen LogP) is 5.17. The molecule has 1 aliphatic heterocycles. The van der Waals surface area contributed by atoms with Gasteiger partial charge in [0.1, 0.15) is 17.6 Å². The monoisotopic (exact) mass is 460 g/mol. The second kappa shape index (κ2) is 8.24. The van der Waals surface area contributed by atoms with Gasteiger partial charge in [-0.3, -0.25) is 4.79 Å². The first-order chi connectivity index (χ1) is 16.6. The number of para-hydroxylation sites is 1. The van der Waals surface area contributed by atoms with Crippen molar-refractivity contribution in [1.29, 1.82) is 0 Å². The van der Waals surface area contributed by atoms with Crippen molar-refractivity contribution in [3.05, 3.63) is 47.8 Å². The number of aromatic nitrogens is 3. The molecule has 1 atom stereocenters. The lowest BCUT2D eigenvalue weighted by Gasteiger charge is -2.36. The lowest BCUT2D eigenvalue weighted by Crippen LogP contribution is -2.36. The van der Waals surface area contributed by atoms with Gasteiger partial charge in [-0.1, -0.05) is 19.1 Å². The zero-order valence-corrected chi connectivity index (χ0v) is 19.4. The van der Waals surface area contributed by atoms with E-state index < -0.39 is 5.82 Å². The molecule has 1 N–H and O–H groups in total. The van der Waals surface area contributed by atoms with Crippen molar-refractivity contribution in [2.45, 2.75) is 45.2 Å². The van der Waals surface area contributed by atoms with Gasteiger partial charge < -0.3 is 19.1 Å². The number of aliphatic hydroxyl groups is 1. The maximum absolute atomic E-state index is 15.2. The number of halogens is 1. The van der Waals surface area contributed by atoms with Gasteiger partial charge in [0, 0.05) is 37.2 Å². The van der Waals surface area contributed by atoms with Gasteiger partial charge in [0.2, 0.25) is 0 Å². The van der Waals surface area contributed by atoms with Crippen LogP contribution in [0.5, 0.6) is 0 Å². The highest BCUT2D eigenvalue weighted by Gasteiger charge is 2.32. The first-order valence-corrected chi connectivity index (χ1v) is 12.3. The van der Waals surface area contributed by atoms with Gasteiger partial charge in [0.25, 0.3) is 0 Å². The van der Waals surface area contributed by atoms with E-state index in [-0.39, 0.29) is 12.6 Å². The summed E-state index contributed by atoms with van der Waals surface area (Å²) >= 11 is 0. The van der Waals surface area contributed by atoms with E-state index in [1.807, 2.05) is 4.57 Å². The van der Waals surface area contributed by atoms with Crippen LogP contribution in [0.1, 0.15) is 49.0 Å². The molecule has 0 bridgehead atoms. The Morgan fingerprint density at radius 3 is 2.79 bits per heavy atom. The molecule has 34 heavy (non-hydrogen) atoms. The third-order valence-corrected chi connectivity index (χ3v) is 7.35. The number of nitrogens with zero attached hydrogens (tertiary/aromatic N) is 4. The fourth-order valence-electron chi connectivity index (χ4n) is 5.53. The summed E-state index contributed by atoms with van der Waals surface area (Å²) < 4.78 is 19.6. The molecular formula is C27H29FN4O2. The summed E-state index contributed by atoms with van der Waals surface area (Å²) in [6, 6.07) is 11.8. The minimum Gasteiger partial charge on any atom is -0.396 e. The molecule has 2 aliphatic rings. The van der Waals surface area contributed by atoms with E-state index in [2.05, 4.69) is 40.7 Å². The average molecular weight is 461 g/mol. The molecule has 0 saturated heterocycles. The first kappa shape index (κ1) is 21.4. The number of carbonyl (C=O) groups is 1. The maximum atomic E-state index is 15.2. The Labute approximate surface area is 197 Å². The summed E-state index contributed by atoms with van der Waals surface area (Å²) in [6.45, 7) is 4.77. The SMILES string of the molecule is CCC1CN(CCCO)c2cccc3cc(-c4nc5cc(C=O)cc(F)c5n4CC4CC4)n1c23. The Morgan fingerprint density at radius 1 is 1.21 bits per heavy atom. The molecule has 6 nitrogen and oxygen atoms in total. The van der Waals surface area contributed by atoms with E-state index in [1.165, 1.54) is 17.3 Å². The molecule has 176 valence electrons. The van der Waals surface area contributed by atoms with Gasteiger partial charge in [-0.25, -0.2) is 9.37 Å². The molecule has 1 saturated carbocycles. The molecule has 4 aromatic rings. The minimum atomic E-state index is -0.392. The van der Waals surface area contributed by atoms with Crippen molar-refractivity contribution >= 4 is 33.9 Å². The Kier molecular flexibility index (Phi) is 5.17. The molecule has 3 heterocycles. The Bertz CT molecular complexity index is 1400. The van der Waals surface area contributed by atoms with Crippen LogP contribution < -0.4 is 4.90 Å². The third kappa shape index (κ3) is 3.33. The highest BCUT2D eigenvalue weighted by molar-refractivity contribution is 5.97. The van der Waals surface area contributed by atoms with E-state index >= 15 is 4.39 Å². The molecule has 1 aliphatic carbocycles. The van der Waals surface area contributed by atoms with E-state index in [0.717, 1.165) is 62.2 Å². The van der Waals surface area contributed by atoms with Crippen LogP contribution in [0, 0.1) is 11.7 Å². The number of aldehydes is 1. The van der Waals surface area contributed by atoms with Gasteiger partial charge in [0.15, 0.2) is 5.82 Å². The zero-order chi connectivity index (χ0) is 23.4. The van der Waals surface area contributed by atoms with Crippen molar-refractivity contribution < 1.29 is 14.3 Å². The summed E-state index contributed by atoms with van der Waals surface area (Å²) in [4.78, 5) is 18.7. The number of benzene rings is 2. The third-order valence-electron chi connectivity index (χ3n) is 7.35. The van der Waals surface area contributed by atoms with Crippen LogP contribution >= 0.6 is 0 Å². The highest BCUT2D eigenvalue weighted by Crippen LogP contribution is 2.43. The number of hydrogen-bond donors (Lipinski definition) is 1. The Hall–Kier alpha value is -3.19. The molecular weight excluding hydrogens is 431 g/mol. The molecule has 0 amide bonds. The van der Waals surface area contributed by atoms with Gasteiger partial charge in [-0.2, -0.15) is 0 Å². The molecule has 0 spiro atoms. The van der Waals surface area contributed by atoms with Gasteiger partial charge >= 0.3 is 0 Å². The highest BCUT2D eigenvalue weighted by atomic mass is 19.1. The summed E-state index contributed by atoms with van der Waals surface area (Å²) in [7, 11) is 0. The molecule has 2 aromatic heterocycles. The van der Waals surface area contributed by atoms with Gasteiger partial charge in [-0.05, 0) is 55.9 Å². The predicted molar refractivity (Wildman–Crippen MR) is 132 cm³/mol. The van der Waals surface area contributed by atoms with Gasteiger partial charge in [-0.15, -0.1) is 0 Å². The number of rotatable bonds is 8. The van der Waals surface area contributed by atoms with Crippen LogP contribution in [-0.4, -0.2) is 45.2 Å². The number of hydrogen-bond acceptors (Lipinski definition) is 4. The van der Waals surface area contributed by atoms with E-state index in [0.29, 0.717) is 28.8 Å². The molecule has 1 fully saturated rings. The van der Waals surface area contributed by atoms with Crippen molar-refractivity contribution in [1.82, 2.24) is 14.1 Å². The first-order valence-electron chi connectivity index (χ1n) is 12.3. The summed E-state index contributed by atoms with van der Waals surface area (Å²) in [5.41, 5.74) is 4.67. The smallest absolute Gasteiger partial charge is 0.157 e. The van der Waals surface area contributed by atoms with Crippen molar-refractivity contribution in [3.8, 4) is 11.5 Å². The van der Waals surface area contributed by atoms with E-state index in [1.54, 1.807) is 6.07 Å². The minimum absolute atomic E-state index is 0.176. The zero-order valence-electron chi connectivity index (χ0n) is 19.4. The second-order valence-electron chi connectivity index (χ2n) is 9.68. The maximum Gasteiger partial charge on any atom is 0.157 e. The van der Waals surface area contributed by atoms with Crippen LogP contribution in [-0.2, 0) is 6.54 Å². The fraction of sp³-hybridized carbons (Fsp3) is 0.407. The van der Waals surface area contributed by atoms with Crippen LogP contribution in [0.25, 0.3) is 33.5 Å². The number of anilines is 1. The average Bonchev–Trinajstić information content (AvgIpc) is 3.48. The molecule has 1 unspecified atom stereocenters. The number of carbonyl (C=O) groups excluding carboxylic acids is 1. The van der Waals surface area contributed by atoms with Crippen LogP contribution in [0.3, 0.4) is 0 Å². The van der Waals surface area contributed by atoms with Crippen LogP contribution in [0.4, 0.5) is 10.1 Å². The molecule has 7 heteroatoms. The molecule has 0 radical (unpaired) electrons. The summed E-state index contributed by atoms with van der Waals surface area (Å²) in [5.74, 6) is 0.920. The van der Waals surface area contributed by atoms with Crippen LogP contribution in [0.2, 0.25) is 0 Å². The standard InChI is InChI=1S/C27H29FN4O2/c1-2-20-15-30(9-4-10-33)23-6-3-5-19-13-24(32(20)25(19)23)27-29-22-12-18(16-34)11-21(28)26(22)31(27)14-17-7-8-17/h3,5-6,11-13,16-17,20,33H,2,4,7-10,14-15H2,1H3. The Morgan fingerprint density at radius 2 is 2.06 bits per heavy atom. The second-order valence-corrected chi connectivity index (χ2v) is 9.68. The largest absolute Gasteiger partial charge is 0.396 e. The Balaban J connectivity index is 1.61. The molecule has 2 aromatic carbocycles. The fourth-order valence-corrected chi connectivity index (χ4v) is 5.53. The summed E-state index contributed by atoms with van der Waals surface area (Å²) in [5, 5.41) is 10.5. The van der Waals surface area contributed by atoms with E-state index in [4.69, 9.17) is 4.98 Å². The number of aliphatic hydroxyl groups excluding tert-OH is 1. The van der Waals surface area contributed by atoms with E-state index in [9.17, 15) is 9.90 Å². The quantitative estimate of drug-likeness (QED) is 0.368. The summed E-state index contributed by atoms with van der Waals surface area (Å²) in [6.07, 6.45) is 4.66. The van der Waals surface area contributed by atoms with Crippen molar-refractivity contribution in [2.75, 3.05) is 24.6 Å². The number of imidazole rings is 1. The number of fused-ring (bicyclic) bond motifs is 1. The lowest BCUT2D eigenvalue weighted by atomic mass is 10.1. The van der Waals surface area contributed by atoms with Gasteiger partial charge in [0.05, 0.1) is 28.5 Å². The van der Waals surface area contributed by atoms with Crippen molar-refractivity contribution in [3.63, 3.8) is 0 Å². The lowest BCUT2D eigenvalue weighted by molar-refractivity contribution is 0.112. The topological polar surface area (TPSA) is 63.3 Å². The molecule has 6 rings (SSSR count).